The van der Waals surface area contributed by atoms with E-state index >= 15 is 0 Å². The number of aryl methyl sites for hydroxylation is 1. The molecule has 2 atom stereocenters. The number of carbonyl (C=O) groups excluding carboxylic acids is 2. The van der Waals surface area contributed by atoms with Gasteiger partial charge in [0.1, 0.15) is 0 Å². The van der Waals surface area contributed by atoms with E-state index in [0.29, 0.717) is 11.3 Å². The number of nitriles is 1. The number of hydrogen-bond acceptors (Lipinski definition) is 3. The van der Waals surface area contributed by atoms with E-state index in [1.54, 1.807) is 38.2 Å². The molecule has 0 bridgehead atoms. The third-order valence-corrected chi connectivity index (χ3v) is 4.19. The molecule has 0 saturated carbocycles. The summed E-state index contributed by atoms with van der Waals surface area (Å²) in [4.78, 5) is 25.3. The monoisotopic (exact) mass is 351 g/mol. The summed E-state index contributed by atoms with van der Waals surface area (Å²) in [7, 11) is 1.80. The highest BCUT2D eigenvalue weighted by molar-refractivity contribution is 5.94. The van der Waals surface area contributed by atoms with E-state index in [1.165, 1.54) is 0 Å². The Hall–Kier alpha value is -3.17. The highest BCUT2D eigenvalue weighted by Crippen LogP contribution is 2.09. The zero-order valence-corrected chi connectivity index (χ0v) is 15.2. The summed E-state index contributed by atoms with van der Waals surface area (Å²) in [5.74, 6) is -0.334. The number of carbonyl (C=O) groups is 2. The number of benzene rings is 2. The zero-order chi connectivity index (χ0) is 19.1. The second-order valence-electron chi connectivity index (χ2n) is 6.34. The Balaban J connectivity index is 1.87. The lowest BCUT2D eigenvalue weighted by Gasteiger charge is -2.20. The molecule has 0 saturated heterocycles. The van der Waals surface area contributed by atoms with Gasteiger partial charge in [-0.15, -0.1) is 0 Å². The van der Waals surface area contributed by atoms with Gasteiger partial charge in [0.25, 0.3) is 11.8 Å². The summed E-state index contributed by atoms with van der Waals surface area (Å²) < 4.78 is 0. The molecule has 26 heavy (non-hydrogen) atoms. The van der Waals surface area contributed by atoms with E-state index in [1.807, 2.05) is 37.3 Å². The Morgan fingerprint density at radius 1 is 1.04 bits per heavy atom. The zero-order valence-electron chi connectivity index (χ0n) is 15.2. The molecule has 6 heteroatoms. The van der Waals surface area contributed by atoms with Crippen molar-refractivity contribution >= 4 is 23.2 Å². The van der Waals surface area contributed by atoms with Gasteiger partial charge in [0, 0.05) is 11.4 Å². The third-order valence-electron chi connectivity index (χ3n) is 4.19. The van der Waals surface area contributed by atoms with Crippen molar-refractivity contribution in [2.45, 2.75) is 19.9 Å². The van der Waals surface area contributed by atoms with Gasteiger partial charge in [-0.05, 0) is 50.2 Å². The maximum atomic E-state index is 12.4. The standard InChI is InChI=1S/C20H22N4O2/c1-14-4-8-17(9-5-14)22-19(25)13-24(3)15(2)20(26)23-18-10-6-16(12-21)7-11-18/h4-11,15H,13H2,1-3H3,(H,22,25)(H,23,26)/p+1/t15-/m1/s1. The van der Waals surface area contributed by atoms with Crippen molar-refractivity contribution in [3.63, 3.8) is 0 Å². The first-order chi connectivity index (χ1) is 12.4. The maximum absolute atomic E-state index is 12.4. The van der Waals surface area contributed by atoms with Crippen molar-refractivity contribution in [3.05, 3.63) is 59.7 Å². The largest absolute Gasteiger partial charge is 0.321 e. The molecule has 1 unspecified atom stereocenters. The fraction of sp³-hybridized carbons (Fsp3) is 0.250. The number of nitrogens with one attached hydrogen (secondary N) is 3. The Morgan fingerprint density at radius 3 is 2.15 bits per heavy atom. The van der Waals surface area contributed by atoms with Gasteiger partial charge in [0.2, 0.25) is 0 Å². The van der Waals surface area contributed by atoms with Crippen molar-refractivity contribution < 1.29 is 14.5 Å². The molecule has 2 amide bonds. The number of rotatable bonds is 6. The Kier molecular flexibility index (Phi) is 6.48. The van der Waals surface area contributed by atoms with Gasteiger partial charge in [-0.1, -0.05) is 17.7 Å². The third kappa shape index (κ3) is 5.43. The number of likely N-dealkylation sites (N-methyl/N-ethyl adjacent to an activating group) is 1. The second-order valence-corrected chi connectivity index (χ2v) is 6.34. The SMILES string of the molecule is Cc1ccc(NC(=O)C[NH+](C)[C@H](C)C(=O)Nc2ccc(C#N)cc2)cc1. The fourth-order valence-electron chi connectivity index (χ4n) is 2.35. The number of quaternary nitrogens is 1. The first-order valence-electron chi connectivity index (χ1n) is 8.39. The van der Waals surface area contributed by atoms with Crippen LogP contribution in [0.5, 0.6) is 0 Å². The van der Waals surface area contributed by atoms with Crippen molar-refractivity contribution in [3.8, 4) is 6.07 Å². The van der Waals surface area contributed by atoms with Crippen LogP contribution in [0.1, 0.15) is 18.1 Å². The first kappa shape index (κ1) is 19.2. The van der Waals surface area contributed by atoms with Gasteiger partial charge in [-0.2, -0.15) is 5.26 Å². The van der Waals surface area contributed by atoms with Gasteiger partial charge < -0.3 is 15.5 Å². The van der Waals surface area contributed by atoms with Crippen LogP contribution in [0.4, 0.5) is 11.4 Å². The van der Waals surface area contributed by atoms with Gasteiger partial charge in [-0.25, -0.2) is 0 Å². The van der Waals surface area contributed by atoms with Crippen LogP contribution in [0, 0.1) is 18.3 Å². The second kappa shape index (κ2) is 8.79. The van der Waals surface area contributed by atoms with Crippen LogP contribution in [0.2, 0.25) is 0 Å². The molecule has 134 valence electrons. The summed E-state index contributed by atoms with van der Waals surface area (Å²) in [5.41, 5.74) is 3.02. The minimum atomic E-state index is -0.408. The number of anilines is 2. The van der Waals surface area contributed by atoms with E-state index in [2.05, 4.69) is 10.6 Å². The van der Waals surface area contributed by atoms with Gasteiger partial charge in [-0.3, -0.25) is 9.59 Å². The van der Waals surface area contributed by atoms with E-state index < -0.39 is 6.04 Å². The average molecular weight is 351 g/mol. The molecular formula is C20H23N4O2+. The van der Waals surface area contributed by atoms with Crippen LogP contribution in [0.3, 0.4) is 0 Å². The minimum Gasteiger partial charge on any atom is -0.321 e. The highest BCUT2D eigenvalue weighted by atomic mass is 16.2. The molecule has 0 aliphatic heterocycles. The van der Waals surface area contributed by atoms with Crippen molar-refractivity contribution in [2.24, 2.45) is 0 Å². The molecule has 6 nitrogen and oxygen atoms in total. The first-order valence-corrected chi connectivity index (χ1v) is 8.39. The van der Waals surface area contributed by atoms with Crippen LogP contribution in [0.25, 0.3) is 0 Å². The van der Waals surface area contributed by atoms with Gasteiger partial charge in [0.15, 0.2) is 12.6 Å². The molecular weight excluding hydrogens is 328 g/mol. The number of amides is 2. The minimum absolute atomic E-state index is 0.149. The van der Waals surface area contributed by atoms with Crippen LogP contribution >= 0.6 is 0 Å². The van der Waals surface area contributed by atoms with Crippen molar-refractivity contribution in [1.29, 1.82) is 5.26 Å². The summed E-state index contributed by atoms with van der Waals surface area (Å²) in [6, 6.07) is 15.8. The quantitative estimate of drug-likeness (QED) is 0.734. The molecule has 0 aromatic heterocycles. The normalized spacial score (nSPS) is 12.5. The van der Waals surface area contributed by atoms with Crippen LogP contribution in [-0.4, -0.2) is 31.4 Å². The Labute approximate surface area is 153 Å². The predicted octanol–water partition coefficient (Wildman–Crippen LogP) is 1.35. The molecule has 0 heterocycles. The van der Waals surface area contributed by atoms with Crippen LogP contribution in [-0.2, 0) is 9.59 Å². The maximum Gasteiger partial charge on any atom is 0.282 e. The van der Waals surface area contributed by atoms with Crippen LogP contribution in [0.15, 0.2) is 48.5 Å². The van der Waals surface area contributed by atoms with E-state index in [9.17, 15) is 9.59 Å². The molecule has 3 N–H and O–H groups in total. The fourth-order valence-corrected chi connectivity index (χ4v) is 2.35. The molecule has 0 radical (unpaired) electrons. The van der Waals surface area contributed by atoms with Gasteiger partial charge >= 0.3 is 0 Å². The summed E-state index contributed by atoms with van der Waals surface area (Å²) in [5, 5.41) is 14.4. The molecule has 0 spiro atoms. The van der Waals surface area contributed by atoms with Crippen LogP contribution < -0.4 is 15.5 Å². The highest BCUT2D eigenvalue weighted by Gasteiger charge is 2.24. The van der Waals surface area contributed by atoms with Gasteiger partial charge in [0.05, 0.1) is 18.7 Å². The lowest BCUT2D eigenvalue weighted by Crippen LogP contribution is -3.14. The molecule has 0 aliphatic rings. The van der Waals surface area contributed by atoms with Crippen molar-refractivity contribution in [1.82, 2.24) is 0 Å². The topological polar surface area (TPSA) is 86.4 Å². The molecule has 2 aromatic rings. The summed E-state index contributed by atoms with van der Waals surface area (Å²) >= 11 is 0. The summed E-state index contributed by atoms with van der Waals surface area (Å²) in [6.07, 6.45) is 0. The van der Waals surface area contributed by atoms with Crippen molar-refractivity contribution in [2.75, 3.05) is 24.2 Å². The van der Waals surface area contributed by atoms with E-state index in [4.69, 9.17) is 5.26 Å². The predicted molar refractivity (Wildman–Crippen MR) is 101 cm³/mol. The smallest absolute Gasteiger partial charge is 0.282 e. The molecule has 2 rings (SSSR count). The Bertz CT molecular complexity index is 807. The molecule has 2 aromatic carbocycles. The summed E-state index contributed by atoms with van der Waals surface area (Å²) in [6.45, 7) is 3.93. The lowest BCUT2D eigenvalue weighted by molar-refractivity contribution is -0.885. The van der Waals surface area contributed by atoms with E-state index in [-0.39, 0.29) is 18.4 Å². The molecule has 0 fully saturated rings. The molecule has 0 aliphatic carbocycles. The average Bonchev–Trinajstić information content (AvgIpc) is 2.63. The number of nitrogens with zero attached hydrogens (tertiary/aromatic N) is 1. The Morgan fingerprint density at radius 2 is 1.58 bits per heavy atom. The number of hydrogen-bond donors (Lipinski definition) is 3. The lowest BCUT2D eigenvalue weighted by atomic mass is 10.2. The van der Waals surface area contributed by atoms with E-state index in [0.717, 1.165) is 16.2 Å².